The average Bonchev–Trinajstić information content (AvgIpc) is 2.31. The number of esters is 1. The van der Waals surface area contributed by atoms with Crippen molar-refractivity contribution < 1.29 is 19.8 Å². The van der Waals surface area contributed by atoms with Gasteiger partial charge in [0.05, 0.1) is 1.37 Å². The van der Waals surface area contributed by atoms with E-state index in [-0.39, 0.29) is 18.1 Å². The lowest BCUT2D eigenvalue weighted by Gasteiger charge is -2.33. The summed E-state index contributed by atoms with van der Waals surface area (Å²) in [5, 5.41) is 0. The summed E-state index contributed by atoms with van der Waals surface area (Å²) in [6.45, 7) is 1.98. The molecular weight excluding hydrogens is 230 g/mol. The summed E-state index contributed by atoms with van der Waals surface area (Å²) in [5.41, 5.74) is 0. The van der Waals surface area contributed by atoms with Crippen LogP contribution in [0.25, 0.3) is 0 Å². The van der Waals surface area contributed by atoms with Crippen molar-refractivity contribution in [1.29, 1.82) is 0 Å². The second-order valence-electron chi connectivity index (χ2n) is 4.65. The SMILES string of the molecule is [2H]C(=CC[C@@H](C)C(OC(C)=O)[C@@H](C(C)=O)N(C)C)C([2H])([2H])[2H]. The second-order valence-corrected chi connectivity index (χ2v) is 4.65. The number of Topliss-reactive ketones (excluding diaryl/α,β-unsaturated/α-hetero) is 1. The van der Waals surface area contributed by atoms with Crippen LogP contribution in [0, 0.1) is 5.92 Å². The Bertz CT molecular complexity index is 432. The fraction of sp³-hybridized carbons (Fsp3) is 0.714. The normalized spacial score (nSPS) is 21.1. The van der Waals surface area contributed by atoms with Crippen molar-refractivity contribution in [3.63, 3.8) is 0 Å². The van der Waals surface area contributed by atoms with Gasteiger partial charge in [0.2, 0.25) is 0 Å². The summed E-state index contributed by atoms with van der Waals surface area (Å²) in [6.07, 6.45) is 0.819. The quantitative estimate of drug-likeness (QED) is 0.518. The van der Waals surface area contributed by atoms with Gasteiger partial charge in [0.15, 0.2) is 5.78 Å². The van der Waals surface area contributed by atoms with Crippen LogP contribution in [0.2, 0.25) is 0 Å². The van der Waals surface area contributed by atoms with E-state index in [9.17, 15) is 9.59 Å². The number of ether oxygens (including phenoxy) is 1. The van der Waals surface area contributed by atoms with Gasteiger partial charge in [-0.25, -0.2) is 0 Å². The molecule has 0 aliphatic carbocycles. The van der Waals surface area contributed by atoms with E-state index in [0.29, 0.717) is 0 Å². The molecule has 0 aliphatic heterocycles. The van der Waals surface area contributed by atoms with E-state index >= 15 is 0 Å². The number of carbonyl (C=O) groups is 2. The molecule has 0 aromatic rings. The van der Waals surface area contributed by atoms with Crippen LogP contribution in [0.5, 0.6) is 0 Å². The third kappa shape index (κ3) is 5.45. The van der Waals surface area contributed by atoms with Crippen LogP contribution in [-0.2, 0) is 14.3 Å². The lowest BCUT2D eigenvalue weighted by atomic mass is 9.91. The highest BCUT2D eigenvalue weighted by Crippen LogP contribution is 2.20. The van der Waals surface area contributed by atoms with Gasteiger partial charge in [-0.1, -0.05) is 19.1 Å². The Morgan fingerprint density at radius 3 is 2.44 bits per heavy atom. The molecule has 0 saturated carbocycles. The molecule has 0 radical (unpaired) electrons. The van der Waals surface area contributed by atoms with E-state index in [1.807, 2.05) is 0 Å². The number of hydrogen-bond donors (Lipinski definition) is 0. The minimum absolute atomic E-state index is 0.144. The van der Waals surface area contributed by atoms with Gasteiger partial charge in [-0.15, -0.1) is 0 Å². The first kappa shape index (κ1) is 10.7. The largest absolute Gasteiger partial charge is 0.460 e. The molecule has 0 aliphatic rings. The van der Waals surface area contributed by atoms with Crippen molar-refractivity contribution in [3.8, 4) is 0 Å². The van der Waals surface area contributed by atoms with Crippen LogP contribution >= 0.6 is 0 Å². The molecule has 18 heavy (non-hydrogen) atoms. The van der Waals surface area contributed by atoms with Gasteiger partial charge in [0.1, 0.15) is 12.1 Å². The molecule has 4 nitrogen and oxygen atoms in total. The van der Waals surface area contributed by atoms with Crippen LogP contribution in [0.15, 0.2) is 12.1 Å². The number of rotatable bonds is 7. The van der Waals surface area contributed by atoms with Crippen molar-refractivity contribution in [2.24, 2.45) is 5.92 Å². The minimum Gasteiger partial charge on any atom is -0.460 e. The Kier molecular flexibility index (Phi) is 4.79. The number of ketones is 1. The minimum atomic E-state index is -2.46. The Labute approximate surface area is 116 Å². The fourth-order valence-corrected chi connectivity index (χ4v) is 1.95. The fourth-order valence-electron chi connectivity index (χ4n) is 1.95. The third-order valence-corrected chi connectivity index (χ3v) is 2.74. The van der Waals surface area contributed by atoms with E-state index < -0.39 is 31.0 Å². The van der Waals surface area contributed by atoms with Gasteiger partial charge < -0.3 is 4.74 Å². The number of nitrogens with zero attached hydrogens (tertiary/aromatic N) is 1. The molecular formula is C14H25NO3. The third-order valence-electron chi connectivity index (χ3n) is 2.74. The lowest BCUT2D eigenvalue weighted by molar-refractivity contribution is -0.154. The van der Waals surface area contributed by atoms with Gasteiger partial charge >= 0.3 is 5.97 Å². The molecule has 0 aromatic carbocycles. The predicted octanol–water partition coefficient (Wildman–Crippen LogP) is 2.04. The number of allylic oxidation sites excluding steroid dienone is 2. The van der Waals surface area contributed by atoms with E-state index in [0.717, 1.165) is 0 Å². The molecule has 0 bridgehead atoms. The summed E-state index contributed by atoms with van der Waals surface area (Å²) >= 11 is 0. The maximum atomic E-state index is 11.8. The van der Waals surface area contributed by atoms with Gasteiger partial charge in [-0.3, -0.25) is 14.5 Å². The monoisotopic (exact) mass is 259 g/mol. The first-order valence-corrected chi connectivity index (χ1v) is 5.89. The van der Waals surface area contributed by atoms with Crippen molar-refractivity contribution in [1.82, 2.24) is 4.90 Å². The van der Waals surface area contributed by atoms with Crippen LogP contribution in [-0.4, -0.2) is 42.9 Å². The zero-order valence-corrected chi connectivity index (χ0v) is 11.7. The van der Waals surface area contributed by atoms with E-state index in [1.54, 1.807) is 25.9 Å². The van der Waals surface area contributed by atoms with Crippen LogP contribution in [0.1, 0.15) is 39.5 Å². The second kappa shape index (κ2) is 8.03. The molecule has 0 aromatic heterocycles. The summed E-state index contributed by atoms with van der Waals surface area (Å²) in [7, 11) is 3.42. The smallest absolute Gasteiger partial charge is 0.302 e. The molecule has 0 fully saturated rings. The Hall–Kier alpha value is -1.16. The molecule has 104 valence electrons. The molecule has 0 amide bonds. The van der Waals surface area contributed by atoms with E-state index in [2.05, 4.69) is 0 Å². The van der Waals surface area contributed by atoms with Crippen molar-refractivity contribution in [2.45, 2.75) is 46.2 Å². The average molecular weight is 259 g/mol. The Balaban J connectivity index is 5.26. The number of carbonyl (C=O) groups excluding carboxylic acids is 2. The van der Waals surface area contributed by atoms with Crippen LogP contribution < -0.4 is 0 Å². The zero-order chi connectivity index (χ0) is 17.7. The van der Waals surface area contributed by atoms with Crippen LogP contribution in [0.3, 0.4) is 0 Å². The predicted molar refractivity (Wildman–Crippen MR) is 72.3 cm³/mol. The molecule has 0 N–H and O–H groups in total. The summed E-state index contributed by atoms with van der Waals surface area (Å²) in [5.74, 6) is -0.951. The highest BCUT2D eigenvalue weighted by atomic mass is 16.5. The summed E-state index contributed by atoms with van der Waals surface area (Å²) < 4.78 is 34.2. The summed E-state index contributed by atoms with van der Waals surface area (Å²) in [4.78, 5) is 24.8. The van der Waals surface area contributed by atoms with Crippen molar-refractivity contribution in [3.05, 3.63) is 12.1 Å². The van der Waals surface area contributed by atoms with Crippen LogP contribution in [0.4, 0.5) is 0 Å². The van der Waals surface area contributed by atoms with Gasteiger partial charge in [0, 0.05) is 11.0 Å². The Morgan fingerprint density at radius 2 is 2.06 bits per heavy atom. The standard InChI is InChI=1S/C14H25NO3/c1-7-8-9-10(2)14(18-12(4)17)13(11(3)16)15(5)6/h7-8,10,13-14H,9H2,1-6H3/t10-,13-,14?/m1/s1/i1D3,7D. The van der Waals surface area contributed by atoms with E-state index in [4.69, 9.17) is 10.2 Å². The molecule has 0 spiro atoms. The van der Waals surface area contributed by atoms with Crippen molar-refractivity contribution in [2.75, 3.05) is 14.1 Å². The van der Waals surface area contributed by atoms with Gasteiger partial charge in [0.25, 0.3) is 0 Å². The molecule has 1 unspecified atom stereocenters. The molecule has 0 saturated heterocycles. The highest BCUT2D eigenvalue weighted by Gasteiger charge is 2.33. The number of likely N-dealkylation sites (N-methyl/N-ethyl adjacent to an activating group) is 1. The number of hydrogen-bond acceptors (Lipinski definition) is 4. The molecule has 4 heteroatoms. The molecule has 0 heterocycles. The first-order valence-electron chi connectivity index (χ1n) is 7.89. The van der Waals surface area contributed by atoms with Crippen molar-refractivity contribution >= 4 is 11.8 Å². The first-order chi connectivity index (χ1) is 9.87. The Morgan fingerprint density at radius 1 is 1.44 bits per heavy atom. The van der Waals surface area contributed by atoms with E-state index in [1.165, 1.54) is 19.9 Å². The zero-order valence-electron chi connectivity index (χ0n) is 15.7. The summed E-state index contributed by atoms with van der Waals surface area (Å²) in [6, 6.07) is -1.07. The van der Waals surface area contributed by atoms with Gasteiger partial charge in [-0.05, 0) is 40.2 Å². The molecule has 0 rings (SSSR count). The highest BCUT2D eigenvalue weighted by molar-refractivity contribution is 5.82. The van der Waals surface area contributed by atoms with Gasteiger partial charge in [-0.2, -0.15) is 0 Å². The maximum absolute atomic E-state index is 11.8. The lowest BCUT2D eigenvalue weighted by Crippen LogP contribution is -2.49. The maximum Gasteiger partial charge on any atom is 0.302 e. The topological polar surface area (TPSA) is 46.6 Å². The molecule has 3 atom stereocenters.